The maximum atomic E-state index is 5.92. The summed E-state index contributed by atoms with van der Waals surface area (Å²) in [5.74, 6) is 2.31. The van der Waals surface area contributed by atoms with Crippen molar-refractivity contribution in [1.29, 1.82) is 0 Å². The van der Waals surface area contributed by atoms with Gasteiger partial charge in [0.15, 0.2) is 0 Å². The lowest BCUT2D eigenvalue weighted by atomic mass is 9.92. The molecule has 2 rings (SSSR count). The summed E-state index contributed by atoms with van der Waals surface area (Å²) in [6.07, 6.45) is 1.28. The fraction of sp³-hybridized carbons (Fsp3) is 0.583. The SMILES string of the molecule is CC1CC(C)CN(c2cc(N)cc(Cl)n2)C1. The van der Waals surface area contributed by atoms with Gasteiger partial charge in [0.1, 0.15) is 11.0 Å². The first-order valence-electron chi connectivity index (χ1n) is 5.72. The van der Waals surface area contributed by atoms with E-state index in [4.69, 9.17) is 17.3 Å². The van der Waals surface area contributed by atoms with Crippen LogP contribution < -0.4 is 10.6 Å². The van der Waals surface area contributed by atoms with Gasteiger partial charge in [-0.2, -0.15) is 0 Å². The number of nitrogen functional groups attached to an aromatic ring is 1. The fourth-order valence-electron chi connectivity index (χ4n) is 2.51. The van der Waals surface area contributed by atoms with Gasteiger partial charge >= 0.3 is 0 Å². The fourth-order valence-corrected chi connectivity index (χ4v) is 2.73. The van der Waals surface area contributed by atoms with Gasteiger partial charge in [-0.3, -0.25) is 0 Å². The monoisotopic (exact) mass is 239 g/mol. The van der Waals surface area contributed by atoms with Gasteiger partial charge in [-0.1, -0.05) is 25.4 Å². The van der Waals surface area contributed by atoms with E-state index in [0.717, 1.165) is 18.9 Å². The largest absolute Gasteiger partial charge is 0.399 e. The predicted octanol–water partition coefficient (Wildman–Crippen LogP) is 2.80. The second kappa shape index (κ2) is 4.50. The molecule has 2 heterocycles. The van der Waals surface area contributed by atoms with Crippen molar-refractivity contribution in [2.24, 2.45) is 11.8 Å². The first-order chi connectivity index (χ1) is 7.54. The summed E-state index contributed by atoms with van der Waals surface area (Å²) in [6.45, 7) is 6.63. The van der Waals surface area contributed by atoms with Gasteiger partial charge in [-0.05, 0) is 24.3 Å². The van der Waals surface area contributed by atoms with Gasteiger partial charge in [0.05, 0.1) is 0 Å². The summed E-state index contributed by atoms with van der Waals surface area (Å²) >= 11 is 5.92. The number of rotatable bonds is 1. The van der Waals surface area contributed by atoms with E-state index >= 15 is 0 Å². The zero-order chi connectivity index (χ0) is 11.7. The maximum absolute atomic E-state index is 5.92. The van der Waals surface area contributed by atoms with Crippen LogP contribution >= 0.6 is 11.6 Å². The molecule has 2 N–H and O–H groups in total. The Kier molecular flexibility index (Phi) is 3.24. The molecule has 1 saturated heterocycles. The smallest absolute Gasteiger partial charge is 0.133 e. The Balaban J connectivity index is 2.22. The van der Waals surface area contributed by atoms with Crippen molar-refractivity contribution in [3.8, 4) is 0 Å². The highest BCUT2D eigenvalue weighted by Gasteiger charge is 2.22. The molecule has 0 bridgehead atoms. The molecule has 88 valence electrons. The van der Waals surface area contributed by atoms with Crippen LogP contribution in [0.4, 0.5) is 11.5 Å². The lowest BCUT2D eigenvalue weighted by molar-refractivity contribution is 0.355. The van der Waals surface area contributed by atoms with Crippen LogP contribution in [0.25, 0.3) is 0 Å². The summed E-state index contributed by atoms with van der Waals surface area (Å²) in [6, 6.07) is 3.58. The van der Waals surface area contributed by atoms with Crippen LogP contribution in [0.3, 0.4) is 0 Å². The zero-order valence-electron chi connectivity index (χ0n) is 9.78. The highest BCUT2D eigenvalue weighted by atomic mass is 35.5. The zero-order valence-corrected chi connectivity index (χ0v) is 10.5. The van der Waals surface area contributed by atoms with E-state index in [1.54, 1.807) is 6.07 Å². The first kappa shape index (κ1) is 11.5. The third-order valence-electron chi connectivity index (χ3n) is 3.00. The van der Waals surface area contributed by atoms with Crippen molar-refractivity contribution in [3.05, 3.63) is 17.3 Å². The Morgan fingerprint density at radius 1 is 1.31 bits per heavy atom. The molecule has 0 saturated carbocycles. The number of hydrogen-bond acceptors (Lipinski definition) is 3. The molecule has 0 radical (unpaired) electrons. The van der Waals surface area contributed by atoms with Crippen molar-refractivity contribution in [2.45, 2.75) is 20.3 Å². The molecule has 0 amide bonds. The number of nitrogens with zero attached hydrogens (tertiary/aromatic N) is 2. The molecular formula is C12H18ClN3. The molecule has 1 aliphatic rings. The van der Waals surface area contributed by atoms with Crippen molar-refractivity contribution < 1.29 is 0 Å². The second-order valence-electron chi connectivity index (χ2n) is 4.93. The van der Waals surface area contributed by atoms with Gasteiger partial charge in [0.2, 0.25) is 0 Å². The summed E-state index contributed by atoms with van der Waals surface area (Å²) < 4.78 is 0. The lowest BCUT2D eigenvalue weighted by Gasteiger charge is -2.35. The van der Waals surface area contributed by atoms with Gasteiger partial charge in [-0.15, -0.1) is 0 Å². The number of aromatic nitrogens is 1. The number of pyridine rings is 1. The molecule has 16 heavy (non-hydrogen) atoms. The van der Waals surface area contributed by atoms with Crippen molar-refractivity contribution in [3.63, 3.8) is 0 Å². The molecular weight excluding hydrogens is 222 g/mol. The van der Waals surface area contributed by atoms with Gasteiger partial charge in [-0.25, -0.2) is 4.98 Å². The van der Waals surface area contributed by atoms with E-state index in [1.807, 2.05) is 6.07 Å². The average Bonchev–Trinajstić information content (AvgIpc) is 2.14. The second-order valence-corrected chi connectivity index (χ2v) is 5.32. The van der Waals surface area contributed by atoms with Crippen LogP contribution in [-0.4, -0.2) is 18.1 Å². The van der Waals surface area contributed by atoms with Crippen molar-refractivity contribution >= 4 is 23.1 Å². The number of anilines is 2. The molecule has 0 aromatic carbocycles. The van der Waals surface area contributed by atoms with E-state index < -0.39 is 0 Å². The lowest BCUT2D eigenvalue weighted by Crippen LogP contribution is -2.39. The van der Waals surface area contributed by atoms with E-state index in [-0.39, 0.29) is 0 Å². The highest BCUT2D eigenvalue weighted by molar-refractivity contribution is 6.29. The van der Waals surface area contributed by atoms with E-state index in [2.05, 4.69) is 23.7 Å². The quantitative estimate of drug-likeness (QED) is 0.767. The topological polar surface area (TPSA) is 42.1 Å². The van der Waals surface area contributed by atoms with Crippen molar-refractivity contribution in [1.82, 2.24) is 4.98 Å². The molecule has 1 aliphatic heterocycles. The van der Waals surface area contributed by atoms with Crippen LogP contribution in [0, 0.1) is 11.8 Å². The Morgan fingerprint density at radius 3 is 2.50 bits per heavy atom. The molecule has 1 fully saturated rings. The number of piperidine rings is 1. The minimum atomic E-state index is 0.473. The number of hydrogen-bond donors (Lipinski definition) is 1. The molecule has 1 aromatic rings. The summed E-state index contributed by atoms with van der Waals surface area (Å²) in [5.41, 5.74) is 6.47. The third-order valence-corrected chi connectivity index (χ3v) is 3.19. The number of halogens is 1. The van der Waals surface area contributed by atoms with Crippen LogP contribution in [0.5, 0.6) is 0 Å². The van der Waals surface area contributed by atoms with E-state index in [1.165, 1.54) is 6.42 Å². The Hall–Kier alpha value is -0.960. The highest BCUT2D eigenvalue weighted by Crippen LogP contribution is 2.27. The van der Waals surface area contributed by atoms with E-state index in [0.29, 0.717) is 22.7 Å². The normalized spacial score (nSPS) is 25.8. The summed E-state index contributed by atoms with van der Waals surface area (Å²) in [7, 11) is 0. The molecule has 1 aromatic heterocycles. The van der Waals surface area contributed by atoms with Crippen LogP contribution in [0.1, 0.15) is 20.3 Å². The summed E-state index contributed by atoms with van der Waals surface area (Å²) in [4.78, 5) is 6.62. The Bertz CT molecular complexity index is 350. The van der Waals surface area contributed by atoms with Crippen LogP contribution in [-0.2, 0) is 0 Å². The number of nitrogens with two attached hydrogens (primary N) is 1. The molecule has 3 nitrogen and oxygen atoms in total. The van der Waals surface area contributed by atoms with Gasteiger partial charge in [0, 0.05) is 24.8 Å². The van der Waals surface area contributed by atoms with Gasteiger partial charge in [0.25, 0.3) is 0 Å². The average molecular weight is 240 g/mol. The molecule has 2 unspecified atom stereocenters. The Morgan fingerprint density at radius 2 is 1.94 bits per heavy atom. The molecule has 4 heteroatoms. The van der Waals surface area contributed by atoms with E-state index in [9.17, 15) is 0 Å². The molecule has 2 atom stereocenters. The minimum absolute atomic E-state index is 0.473. The van der Waals surface area contributed by atoms with Crippen LogP contribution in [0.2, 0.25) is 5.15 Å². The summed E-state index contributed by atoms with van der Waals surface area (Å²) in [5, 5.41) is 0.473. The maximum Gasteiger partial charge on any atom is 0.133 e. The minimum Gasteiger partial charge on any atom is -0.399 e. The van der Waals surface area contributed by atoms with Gasteiger partial charge < -0.3 is 10.6 Å². The molecule has 0 spiro atoms. The Labute approximate surface area is 102 Å². The predicted molar refractivity (Wildman–Crippen MR) is 68.8 cm³/mol. The molecule has 0 aliphatic carbocycles. The van der Waals surface area contributed by atoms with Crippen LogP contribution in [0.15, 0.2) is 12.1 Å². The van der Waals surface area contributed by atoms with Crippen molar-refractivity contribution in [2.75, 3.05) is 23.7 Å². The first-order valence-corrected chi connectivity index (χ1v) is 6.10. The standard InChI is InChI=1S/C12H18ClN3/c1-8-3-9(2)7-16(6-8)12-5-10(14)4-11(13)15-12/h4-5,8-9H,3,6-7H2,1-2H3,(H2,14,15). The third kappa shape index (κ3) is 2.59.